The number of sulfonamides is 1. The molecule has 2 bridgehead atoms. The maximum atomic E-state index is 16.5. The summed E-state index contributed by atoms with van der Waals surface area (Å²) in [4.78, 5) is 18.0. The van der Waals surface area contributed by atoms with E-state index in [9.17, 15) is 13.2 Å². The molecule has 2 fully saturated rings. The highest BCUT2D eigenvalue weighted by Crippen LogP contribution is 2.45. The molecule has 0 radical (unpaired) electrons. The van der Waals surface area contributed by atoms with E-state index in [1.54, 1.807) is 32.0 Å². The zero-order chi connectivity index (χ0) is 35.8. The second-order valence-corrected chi connectivity index (χ2v) is 17.4. The van der Waals surface area contributed by atoms with E-state index >= 15 is 4.39 Å². The Kier molecular flexibility index (Phi) is 11.0. The van der Waals surface area contributed by atoms with Crippen LogP contribution in [0.15, 0.2) is 48.3 Å². The summed E-state index contributed by atoms with van der Waals surface area (Å²) >= 11 is 6.45. The minimum absolute atomic E-state index is 0.101. The van der Waals surface area contributed by atoms with Gasteiger partial charge < -0.3 is 23.8 Å². The number of nitrogens with one attached hydrogen (secondary N) is 1. The number of hydrogen-bond acceptors (Lipinski definition) is 9. The van der Waals surface area contributed by atoms with Gasteiger partial charge in [0.2, 0.25) is 10.0 Å². The van der Waals surface area contributed by atoms with Crippen LogP contribution in [0.25, 0.3) is 0 Å². The first-order valence-electron chi connectivity index (χ1n) is 18.3. The van der Waals surface area contributed by atoms with Crippen molar-refractivity contribution in [2.75, 3.05) is 70.7 Å². The van der Waals surface area contributed by atoms with Gasteiger partial charge in [-0.2, -0.15) is 0 Å². The number of anilines is 1. The van der Waals surface area contributed by atoms with Gasteiger partial charge in [-0.3, -0.25) is 9.69 Å². The molecule has 5 aliphatic rings. The lowest BCUT2D eigenvalue weighted by Gasteiger charge is -2.42. The maximum Gasteiger partial charge on any atom is 0.264 e. The van der Waals surface area contributed by atoms with Gasteiger partial charge in [-0.1, -0.05) is 24.6 Å². The fraction of sp³-hybridized carbons (Fsp3) is 0.605. The number of rotatable bonds is 4. The van der Waals surface area contributed by atoms with Gasteiger partial charge in [0.15, 0.2) is 0 Å². The molecule has 1 aliphatic carbocycles. The Bertz CT molecular complexity index is 1740. The summed E-state index contributed by atoms with van der Waals surface area (Å²) in [6.07, 6.45) is 3.57. The fourth-order valence-corrected chi connectivity index (χ4v) is 9.86. The lowest BCUT2D eigenvalue weighted by Crippen LogP contribution is -2.48. The smallest absolute Gasteiger partial charge is 0.264 e. The summed E-state index contributed by atoms with van der Waals surface area (Å²) in [7, 11) is -4.09. The molecule has 0 aromatic heterocycles. The second kappa shape index (κ2) is 15.3. The van der Waals surface area contributed by atoms with Crippen LogP contribution < -0.4 is 14.4 Å². The number of nitrogens with zero attached hydrogens (tertiary/aromatic N) is 2. The van der Waals surface area contributed by atoms with Crippen molar-refractivity contribution in [1.29, 1.82) is 0 Å². The summed E-state index contributed by atoms with van der Waals surface area (Å²) in [5, 5.41) is -0.265. The van der Waals surface area contributed by atoms with Gasteiger partial charge in [-0.15, -0.1) is 0 Å². The van der Waals surface area contributed by atoms with E-state index in [-0.39, 0.29) is 23.3 Å². The molecule has 51 heavy (non-hydrogen) atoms. The standard InChI is InChI=1S/C38H49ClFN3O7S/c1-25-5-9-32(40)36(49-19-15-42-13-17-47-18-14-42)35-29(11-16-48-35)22-43-23-38(12-3-4-27-20-30(39)7-8-31(27)38)24-50-34-10-6-28(21-33(34)43)37(44)41-51(45,46)26(25)2/h6-10,20-21,25-26,29,35-36H,3-5,11-19,22-24H2,1-2H3,(H,41,44)/b32-9-/t25-,26+,29-,35+,36?,38-/m0/s1. The van der Waals surface area contributed by atoms with Gasteiger partial charge >= 0.3 is 0 Å². The van der Waals surface area contributed by atoms with Crippen LogP contribution in [0.5, 0.6) is 5.75 Å². The van der Waals surface area contributed by atoms with E-state index in [0.29, 0.717) is 75.5 Å². The molecule has 2 saturated heterocycles. The topological polar surface area (TPSA) is 107 Å². The Hall–Kier alpha value is -2.74. The average Bonchev–Trinajstić information content (AvgIpc) is 3.51. The van der Waals surface area contributed by atoms with Gasteiger partial charge in [-0.05, 0) is 92.5 Å². The highest BCUT2D eigenvalue weighted by atomic mass is 35.5. The third kappa shape index (κ3) is 7.82. The zero-order valence-electron chi connectivity index (χ0n) is 29.5. The predicted octanol–water partition coefficient (Wildman–Crippen LogP) is 5.28. The number of carbonyl (C=O) groups excluding carboxylic acids is 1. The minimum atomic E-state index is -4.09. The molecular weight excluding hydrogens is 697 g/mol. The average molecular weight is 746 g/mol. The molecule has 2 aromatic carbocycles. The van der Waals surface area contributed by atoms with Crippen molar-refractivity contribution in [3.05, 3.63) is 70.0 Å². The number of allylic oxidation sites excluding steroid dienone is 1. The van der Waals surface area contributed by atoms with Crippen LogP contribution in [0.4, 0.5) is 10.1 Å². The van der Waals surface area contributed by atoms with Crippen LogP contribution in [0.1, 0.15) is 61.0 Å². The molecule has 1 amide bonds. The van der Waals surface area contributed by atoms with Crippen LogP contribution in [0, 0.1) is 11.8 Å². The Morgan fingerprint density at radius 2 is 1.94 bits per heavy atom. The predicted molar refractivity (Wildman–Crippen MR) is 194 cm³/mol. The van der Waals surface area contributed by atoms with Crippen molar-refractivity contribution < 1.29 is 36.6 Å². The number of aryl methyl sites for hydroxylation is 1. The monoisotopic (exact) mass is 745 g/mol. The number of carbonyl (C=O) groups is 1. The molecule has 1 spiro atoms. The van der Waals surface area contributed by atoms with E-state index in [1.165, 1.54) is 17.2 Å². The first-order chi connectivity index (χ1) is 24.5. The van der Waals surface area contributed by atoms with Gasteiger partial charge in [0.05, 0.1) is 43.5 Å². The Morgan fingerprint density at radius 1 is 1.12 bits per heavy atom. The number of morpholine rings is 1. The molecule has 0 saturated carbocycles. The van der Waals surface area contributed by atoms with Gasteiger partial charge in [0, 0.05) is 61.2 Å². The van der Waals surface area contributed by atoms with Gasteiger partial charge in [0.1, 0.15) is 17.7 Å². The van der Waals surface area contributed by atoms with Crippen LogP contribution >= 0.6 is 11.6 Å². The van der Waals surface area contributed by atoms with Crippen LogP contribution in [0.3, 0.4) is 0 Å². The van der Waals surface area contributed by atoms with E-state index < -0.39 is 45.1 Å². The third-order valence-corrected chi connectivity index (χ3v) is 13.8. The van der Waals surface area contributed by atoms with Crippen molar-refractivity contribution in [1.82, 2.24) is 9.62 Å². The normalized spacial score (nSPS) is 32.5. The van der Waals surface area contributed by atoms with E-state index in [4.69, 9.17) is 30.5 Å². The number of amides is 1. The molecule has 6 atom stereocenters. The number of hydrogen-bond donors (Lipinski definition) is 1. The van der Waals surface area contributed by atoms with E-state index in [0.717, 1.165) is 32.4 Å². The molecule has 2 aromatic rings. The highest BCUT2D eigenvalue weighted by Gasteiger charge is 2.45. The molecule has 1 N–H and O–H groups in total. The van der Waals surface area contributed by atoms with Crippen molar-refractivity contribution in [3.8, 4) is 5.75 Å². The molecule has 13 heteroatoms. The molecule has 278 valence electrons. The van der Waals surface area contributed by atoms with Crippen molar-refractivity contribution in [2.45, 2.75) is 68.8 Å². The van der Waals surface area contributed by atoms with Crippen LogP contribution in [0.2, 0.25) is 5.02 Å². The lowest BCUT2D eigenvalue weighted by molar-refractivity contribution is -0.0609. The number of fused-ring (bicyclic) bond motifs is 4. The number of halogens is 2. The highest BCUT2D eigenvalue weighted by molar-refractivity contribution is 7.90. The number of benzene rings is 2. The Balaban J connectivity index is 1.27. The summed E-state index contributed by atoms with van der Waals surface area (Å²) in [5.74, 6) is -1.15. The molecule has 4 heterocycles. The SMILES string of the molecule is C[C@@H]1[C@@H](C)C/C=C(\F)C(OCCN2CCOCC2)[C@@H]2OCC[C@H]2CN2C[C@@]3(CCCc4cc(Cl)ccc43)COc3ccc(cc32)C(=O)NS1(=O)=O. The summed E-state index contributed by atoms with van der Waals surface area (Å²) in [6, 6.07) is 11.2. The lowest BCUT2D eigenvalue weighted by atomic mass is 9.70. The van der Waals surface area contributed by atoms with Crippen molar-refractivity contribution >= 4 is 33.2 Å². The fourth-order valence-electron chi connectivity index (χ4n) is 8.38. The first kappa shape index (κ1) is 36.6. The number of ether oxygens (including phenoxy) is 4. The zero-order valence-corrected chi connectivity index (χ0v) is 31.0. The molecule has 7 rings (SSSR count). The van der Waals surface area contributed by atoms with Crippen molar-refractivity contribution in [3.63, 3.8) is 0 Å². The van der Waals surface area contributed by atoms with Crippen molar-refractivity contribution in [2.24, 2.45) is 11.8 Å². The Morgan fingerprint density at radius 3 is 2.76 bits per heavy atom. The third-order valence-electron chi connectivity index (χ3n) is 11.6. The summed E-state index contributed by atoms with van der Waals surface area (Å²) < 4.78 is 70.5. The minimum Gasteiger partial charge on any atom is -0.490 e. The van der Waals surface area contributed by atoms with Crippen LogP contribution in [-0.4, -0.2) is 102 Å². The van der Waals surface area contributed by atoms with E-state index in [1.807, 2.05) is 12.1 Å². The molecule has 1 unspecified atom stereocenters. The summed E-state index contributed by atoms with van der Waals surface area (Å²) in [5.41, 5.74) is 2.94. The van der Waals surface area contributed by atoms with Gasteiger partial charge in [-0.25, -0.2) is 17.5 Å². The molecule has 10 nitrogen and oxygen atoms in total. The first-order valence-corrected chi connectivity index (χ1v) is 20.2. The van der Waals surface area contributed by atoms with Gasteiger partial charge in [0.25, 0.3) is 5.91 Å². The summed E-state index contributed by atoms with van der Waals surface area (Å²) in [6.45, 7) is 9.13. The largest absolute Gasteiger partial charge is 0.490 e. The second-order valence-electron chi connectivity index (χ2n) is 14.9. The Labute approximate surface area is 305 Å². The maximum absolute atomic E-state index is 16.5. The molecular formula is C38H49ClFN3O7S. The quantitative estimate of drug-likeness (QED) is 0.448. The van der Waals surface area contributed by atoms with Crippen LogP contribution in [-0.2, 0) is 36.1 Å². The van der Waals surface area contributed by atoms with E-state index in [2.05, 4.69) is 20.6 Å². The molecule has 4 aliphatic heterocycles.